The molecule has 0 bridgehead atoms. The molecule has 1 aromatic carbocycles. The Labute approximate surface area is 134 Å². The molecule has 2 heterocycles. The molecule has 0 radical (unpaired) electrons. The van der Waals surface area contributed by atoms with E-state index in [1.54, 1.807) is 7.11 Å². The molecule has 5 heteroatoms. The summed E-state index contributed by atoms with van der Waals surface area (Å²) in [5, 5.41) is 5.78. The zero-order valence-corrected chi connectivity index (χ0v) is 14.3. The lowest BCUT2D eigenvalue weighted by Gasteiger charge is -2.38. The van der Waals surface area contributed by atoms with Gasteiger partial charge in [0, 0.05) is 44.8 Å². The van der Waals surface area contributed by atoms with Crippen LogP contribution in [-0.4, -0.2) is 41.0 Å². The molecule has 1 aliphatic heterocycles. The highest BCUT2D eigenvalue weighted by Gasteiger charge is 2.23. The summed E-state index contributed by atoms with van der Waals surface area (Å²) >= 11 is 3.56. The zero-order valence-electron chi connectivity index (χ0n) is 12.7. The van der Waals surface area contributed by atoms with Crippen LogP contribution in [0.5, 0.6) is 0 Å². The van der Waals surface area contributed by atoms with Gasteiger partial charge in [0.05, 0.1) is 5.52 Å². The van der Waals surface area contributed by atoms with Gasteiger partial charge < -0.3 is 4.74 Å². The molecule has 0 aliphatic carbocycles. The average Bonchev–Trinajstić information content (AvgIpc) is 2.80. The minimum Gasteiger partial charge on any atom is -0.385 e. The molecule has 0 amide bonds. The normalized spacial score (nSPS) is 19.1. The zero-order chi connectivity index (χ0) is 14.8. The second-order valence-electron chi connectivity index (χ2n) is 5.82. The number of nitrogens with zero attached hydrogens (tertiary/aromatic N) is 3. The minimum absolute atomic E-state index is 0.721. The number of methoxy groups -OCH3 is 1. The lowest BCUT2D eigenvalue weighted by Crippen LogP contribution is -2.44. The van der Waals surface area contributed by atoms with Crippen LogP contribution in [0.3, 0.4) is 0 Å². The summed E-state index contributed by atoms with van der Waals surface area (Å²) in [7, 11) is 1.74. The number of hydrogen-bond donors (Lipinski definition) is 0. The Bertz CT molecular complexity index is 625. The van der Waals surface area contributed by atoms with Gasteiger partial charge in [-0.1, -0.05) is 6.07 Å². The maximum absolute atomic E-state index is 5.13. The monoisotopic (exact) mass is 351 g/mol. The van der Waals surface area contributed by atoms with Gasteiger partial charge in [0.1, 0.15) is 4.60 Å². The highest BCUT2D eigenvalue weighted by atomic mass is 79.9. The molecule has 114 valence electrons. The fraction of sp³-hybridized carbons (Fsp3) is 0.562. The minimum atomic E-state index is 0.721. The predicted molar refractivity (Wildman–Crippen MR) is 88.4 cm³/mol. The van der Waals surface area contributed by atoms with E-state index in [1.165, 1.54) is 29.4 Å². The van der Waals surface area contributed by atoms with E-state index in [0.29, 0.717) is 0 Å². The molecule has 1 saturated heterocycles. The molecule has 0 N–H and O–H groups in total. The van der Waals surface area contributed by atoms with E-state index in [0.717, 1.165) is 36.8 Å². The van der Waals surface area contributed by atoms with Crippen LogP contribution in [0, 0.1) is 0 Å². The molecule has 2 aromatic rings. The fourth-order valence-corrected chi connectivity index (χ4v) is 3.37. The summed E-state index contributed by atoms with van der Waals surface area (Å²) in [4.78, 5) is 2.52. The molecular formula is C16H22BrN3O. The standard InChI is InChI=1S/C16H22BrN3O/c1-12-6-8-19(12)11-13-4-5-14-15(10-13)20(18-16(14)17)7-3-9-21-2/h4-5,10,12H,3,6-9,11H2,1-2H3. The third-order valence-corrected chi connectivity index (χ3v) is 4.92. The number of hydrogen-bond acceptors (Lipinski definition) is 3. The maximum Gasteiger partial charge on any atom is 0.135 e. The summed E-state index contributed by atoms with van der Waals surface area (Å²) in [6, 6.07) is 7.41. The molecule has 0 spiro atoms. The first kappa shape index (κ1) is 15.0. The molecule has 0 saturated carbocycles. The molecule has 21 heavy (non-hydrogen) atoms. The third kappa shape index (κ3) is 3.15. The quantitative estimate of drug-likeness (QED) is 0.747. The van der Waals surface area contributed by atoms with E-state index in [-0.39, 0.29) is 0 Å². The first-order chi connectivity index (χ1) is 10.2. The van der Waals surface area contributed by atoms with E-state index in [9.17, 15) is 0 Å². The van der Waals surface area contributed by atoms with Crippen molar-refractivity contribution in [3.8, 4) is 0 Å². The molecule has 4 nitrogen and oxygen atoms in total. The number of halogens is 1. The van der Waals surface area contributed by atoms with Gasteiger partial charge >= 0.3 is 0 Å². The van der Waals surface area contributed by atoms with Crippen LogP contribution >= 0.6 is 15.9 Å². The number of aromatic nitrogens is 2. The summed E-state index contributed by atoms with van der Waals surface area (Å²) in [6.07, 6.45) is 2.30. The second-order valence-corrected chi connectivity index (χ2v) is 6.57. The topological polar surface area (TPSA) is 30.3 Å². The van der Waals surface area contributed by atoms with Crippen molar-refractivity contribution in [2.24, 2.45) is 0 Å². The van der Waals surface area contributed by atoms with Crippen LogP contribution in [0.15, 0.2) is 22.8 Å². The van der Waals surface area contributed by atoms with Crippen molar-refractivity contribution in [3.63, 3.8) is 0 Å². The van der Waals surface area contributed by atoms with E-state index in [1.807, 2.05) is 0 Å². The Morgan fingerprint density at radius 3 is 2.95 bits per heavy atom. The van der Waals surface area contributed by atoms with Crippen molar-refractivity contribution in [3.05, 3.63) is 28.4 Å². The Morgan fingerprint density at radius 2 is 2.29 bits per heavy atom. The van der Waals surface area contributed by atoms with Gasteiger partial charge in [-0.15, -0.1) is 0 Å². The number of fused-ring (bicyclic) bond motifs is 1. The molecular weight excluding hydrogens is 330 g/mol. The van der Waals surface area contributed by atoms with E-state index < -0.39 is 0 Å². The van der Waals surface area contributed by atoms with Gasteiger partial charge in [-0.05, 0) is 53.4 Å². The van der Waals surface area contributed by atoms with Crippen molar-refractivity contribution >= 4 is 26.8 Å². The number of rotatable bonds is 6. The Morgan fingerprint density at radius 1 is 1.43 bits per heavy atom. The van der Waals surface area contributed by atoms with Crippen LogP contribution in [-0.2, 0) is 17.8 Å². The van der Waals surface area contributed by atoms with Crippen molar-refractivity contribution in [1.82, 2.24) is 14.7 Å². The highest BCUT2D eigenvalue weighted by molar-refractivity contribution is 9.10. The summed E-state index contributed by atoms with van der Waals surface area (Å²) in [6.45, 7) is 6.21. The smallest absolute Gasteiger partial charge is 0.135 e. The summed E-state index contributed by atoms with van der Waals surface area (Å²) in [5.74, 6) is 0. The van der Waals surface area contributed by atoms with Crippen molar-refractivity contribution in [2.45, 2.75) is 38.9 Å². The molecule has 1 aromatic heterocycles. The van der Waals surface area contributed by atoms with Crippen molar-refractivity contribution in [1.29, 1.82) is 0 Å². The first-order valence-electron chi connectivity index (χ1n) is 7.57. The van der Waals surface area contributed by atoms with Gasteiger partial charge in [0.15, 0.2) is 0 Å². The fourth-order valence-electron chi connectivity index (χ4n) is 2.85. The first-order valence-corrected chi connectivity index (χ1v) is 8.36. The second kappa shape index (κ2) is 6.46. The van der Waals surface area contributed by atoms with Crippen LogP contribution in [0.1, 0.15) is 25.3 Å². The molecule has 1 aliphatic rings. The van der Waals surface area contributed by atoms with Gasteiger partial charge in [-0.3, -0.25) is 9.58 Å². The lowest BCUT2D eigenvalue weighted by molar-refractivity contribution is 0.0960. The predicted octanol–water partition coefficient (Wildman–Crippen LogP) is 3.43. The van der Waals surface area contributed by atoms with Crippen LogP contribution in [0.25, 0.3) is 10.9 Å². The van der Waals surface area contributed by atoms with Gasteiger partial charge in [0.25, 0.3) is 0 Å². The van der Waals surface area contributed by atoms with Crippen LogP contribution < -0.4 is 0 Å². The molecule has 1 unspecified atom stereocenters. The van der Waals surface area contributed by atoms with E-state index in [2.05, 4.69) is 55.7 Å². The third-order valence-electron chi connectivity index (χ3n) is 4.33. The Hall–Kier alpha value is -0.910. The summed E-state index contributed by atoms with van der Waals surface area (Å²) in [5.41, 5.74) is 2.58. The summed E-state index contributed by atoms with van der Waals surface area (Å²) < 4.78 is 8.15. The van der Waals surface area contributed by atoms with E-state index >= 15 is 0 Å². The lowest BCUT2D eigenvalue weighted by atomic mass is 10.0. The van der Waals surface area contributed by atoms with Gasteiger partial charge in [0.2, 0.25) is 0 Å². The SMILES string of the molecule is COCCCn1nc(Br)c2ccc(CN3CCC3C)cc21. The highest BCUT2D eigenvalue weighted by Crippen LogP contribution is 2.26. The van der Waals surface area contributed by atoms with Crippen LogP contribution in [0.2, 0.25) is 0 Å². The van der Waals surface area contributed by atoms with Crippen LogP contribution in [0.4, 0.5) is 0 Å². The number of ether oxygens (including phenoxy) is 1. The number of aryl methyl sites for hydroxylation is 1. The average molecular weight is 352 g/mol. The molecule has 1 fully saturated rings. The van der Waals surface area contributed by atoms with Gasteiger partial charge in [-0.25, -0.2) is 0 Å². The molecule has 1 atom stereocenters. The van der Waals surface area contributed by atoms with Crippen molar-refractivity contribution < 1.29 is 4.74 Å². The maximum atomic E-state index is 5.13. The largest absolute Gasteiger partial charge is 0.385 e. The van der Waals surface area contributed by atoms with Gasteiger partial charge in [-0.2, -0.15) is 5.10 Å². The number of likely N-dealkylation sites (tertiary alicyclic amines) is 1. The van der Waals surface area contributed by atoms with Crippen molar-refractivity contribution in [2.75, 3.05) is 20.3 Å². The number of benzene rings is 1. The van der Waals surface area contributed by atoms with E-state index in [4.69, 9.17) is 4.74 Å². The molecule has 3 rings (SSSR count). The Kier molecular flexibility index (Phi) is 4.62. The Balaban J connectivity index is 1.82.